The van der Waals surface area contributed by atoms with Crippen LogP contribution in [-0.2, 0) is 0 Å². The lowest BCUT2D eigenvalue weighted by molar-refractivity contribution is 0.0939. The third kappa shape index (κ3) is 4.74. The van der Waals surface area contributed by atoms with Gasteiger partial charge < -0.3 is 5.32 Å². The second-order valence-electron chi connectivity index (χ2n) is 5.79. The first-order chi connectivity index (χ1) is 11.0. The Morgan fingerprint density at radius 1 is 1.04 bits per heavy atom. The number of hydrogen-bond donors (Lipinski definition) is 1. The minimum Gasteiger partial charge on any atom is -0.344 e. The molecule has 1 unspecified atom stereocenters. The highest BCUT2D eigenvalue weighted by Gasteiger charge is 2.20. The Bertz CT molecular complexity index is 678. The van der Waals surface area contributed by atoms with Crippen LogP contribution < -0.4 is 5.32 Å². The van der Waals surface area contributed by atoms with Crippen LogP contribution in [0.15, 0.2) is 59.6 Å². The summed E-state index contributed by atoms with van der Waals surface area (Å²) in [6.07, 6.45) is 0. The van der Waals surface area contributed by atoms with E-state index in [9.17, 15) is 9.18 Å². The Hall–Kier alpha value is -2.49. The third-order valence-corrected chi connectivity index (χ3v) is 3.57. The highest BCUT2D eigenvalue weighted by Crippen LogP contribution is 2.15. The number of benzene rings is 2. The number of carbonyl (C=O) groups excluding carboxylic acids is 1. The van der Waals surface area contributed by atoms with Crippen molar-refractivity contribution >= 4 is 17.3 Å². The van der Waals surface area contributed by atoms with E-state index in [4.69, 9.17) is 0 Å². The summed E-state index contributed by atoms with van der Waals surface area (Å²) < 4.78 is 13.0. The molecular weight excluding hydrogens is 291 g/mol. The summed E-state index contributed by atoms with van der Waals surface area (Å²) in [6.45, 7) is 5.93. The van der Waals surface area contributed by atoms with Gasteiger partial charge in [0, 0.05) is 11.3 Å². The Labute approximate surface area is 136 Å². The fourth-order valence-electron chi connectivity index (χ4n) is 2.36. The van der Waals surface area contributed by atoms with Crippen LogP contribution in [0, 0.1) is 11.7 Å². The highest BCUT2D eigenvalue weighted by atomic mass is 19.1. The van der Waals surface area contributed by atoms with Crippen molar-refractivity contribution in [2.75, 3.05) is 0 Å². The van der Waals surface area contributed by atoms with Crippen molar-refractivity contribution in [1.29, 1.82) is 0 Å². The van der Waals surface area contributed by atoms with Crippen LogP contribution in [0.1, 0.15) is 31.1 Å². The van der Waals surface area contributed by atoms with Gasteiger partial charge in [-0.1, -0.05) is 32.0 Å². The molecule has 0 bridgehead atoms. The average molecular weight is 312 g/mol. The number of aliphatic imine (C=N–C) groups is 1. The van der Waals surface area contributed by atoms with Gasteiger partial charge in [-0.05, 0) is 49.2 Å². The Morgan fingerprint density at radius 3 is 2.22 bits per heavy atom. The lowest BCUT2D eigenvalue weighted by Gasteiger charge is -2.22. The van der Waals surface area contributed by atoms with Crippen LogP contribution in [0.2, 0.25) is 0 Å². The van der Waals surface area contributed by atoms with Gasteiger partial charge in [0.1, 0.15) is 5.82 Å². The number of halogens is 1. The van der Waals surface area contributed by atoms with E-state index >= 15 is 0 Å². The fourth-order valence-corrected chi connectivity index (χ4v) is 2.36. The van der Waals surface area contributed by atoms with Gasteiger partial charge in [0.2, 0.25) is 0 Å². The molecule has 4 heteroatoms. The van der Waals surface area contributed by atoms with E-state index in [0.717, 1.165) is 5.71 Å². The van der Waals surface area contributed by atoms with E-state index in [1.54, 1.807) is 24.3 Å². The van der Waals surface area contributed by atoms with Crippen molar-refractivity contribution in [3.63, 3.8) is 0 Å². The molecule has 1 atom stereocenters. The lowest BCUT2D eigenvalue weighted by atomic mass is 9.99. The molecule has 0 heterocycles. The van der Waals surface area contributed by atoms with Crippen LogP contribution in [-0.4, -0.2) is 17.7 Å². The maximum atomic E-state index is 13.0. The second kappa shape index (κ2) is 7.68. The van der Waals surface area contributed by atoms with Crippen LogP contribution >= 0.6 is 0 Å². The molecule has 0 aliphatic rings. The Morgan fingerprint density at radius 2 is 1.65 bits per heavy atom. The topological polar surface area (TPSA) is 41.5 Å². The van der Waals surface area contributed by atoms with Gasteiger partial charge in [-0.2, -0.15) is 0 Å². The average Bonchev–Trinajstić information content (AvgIpc) is 2.55. The minimum absolute atomic E-state index is 0.127. The molecule has 2 aromatic rings. The van der Waals surface area contributed by atoms with E-state index < -0.39 is 0 Å². The van der Waals surface area contributed by atoms with E-state index in [2.05, 4.69) is 10.3 Å². The van der Waals surface area contributed by atoms with Crippen molar-refractivity contribution in [2.45, 2.75) is 26.8 Å². The number of amides is 1. The monoisotopic (exact) mass is 312 g/mol. The first-order valence-corrected chi connectivity index (χ1v) is 7.64. The van der Waals surface area contributed by atoms with E-state index in [1.165, 1.54) is 12.1 Å². The van der Waals surface area contributed by atoms with Crippen molar-refractivity contribution in [1.82, 2.24) is 5.32 Å². The normalized spacial score (nSPS) is 13.0. The molecule has 0 fully saturated rings. The van der Waals surface area contributed by atoms with Crippen molar-refractivity contribution < 1.29 is 9.18 Å². The third-order valence-electron chi connectivity index (χ3n) is 3.57. The maximum absolute atomic E-state index is 13.0. The van der Waals surface area contributed by atoms with Crippen molar-refractivity contribution in [3.05, 3.63) is 66.0 Å². The summed E-state index contributed by atoms with van der Waals surface area (Å²) in [7, 11) is 0. The zero-order valence-corrected chi connectivity index (χ0v) is 13.6. The van der Waals surface area contributed by atoms with Gasteiger partial charge >= 0.3 is 0 Å². The van der Waals surface area contributed by atoms with Gasteiger partial charge in [-0.25, -0.2) is 4.39 Å². The van der Waals surface area contributed by atoms with Crippen molar-refractivity contribution in [2.24, 2.45) is 10.9 Å². The molecule has 0 saturated carbocycles. The molecule has 0 spiro atoms. The van der Waals surface area contributed by atoms with Crippen molar-refractivity contribution in [3.8, 4) is 0 Å². The number of nitrogens with one attached hydrogen (secondary N) is 1. The summed E-state index contributed by atoms with van der Waals surface area (Å²) in [5, 5.41) is 3.02. The lowest BCUT2D eigenvalue weighted by Crippen LogP contribution is -2.43. The first kappa shape index (κ1) is 16.9. The maximum Gasteiger partial charge on any atom is 0.251 e. The van der Waals surface area contributed by atoms with Gasteiger partial charge in [-0.3, -0.25) is 9.79 Å². The summed E-state index contributed by atoms with van der Waals surface area (Å²) in [5.41, 5.74) is 2.08. The molecule has 1 N–H and O–H groups in total. The molecule has 0 saturated heterocycles. The van der Waals surface area contributed by atoms with Gasteiger partial charge in [0.15, 0.2) is 0 Å². The molecule has 0 aliphatic heterocycles. The zero-order valence-electron chi connectivity index (χ0n) is 13.6. The van der Waals surface area contributed by atoms with Crippen LogP contribution in [0.25, 0.3) is 0 Å². The predicted octanol–water partition coefficient (Wildman–Crippen LogP) is 4.37. The minimum atomic E-state index is -0.292. The van der Waals surface area contributed by atoms with Crippen LogP contribution in [0.3, 0.4) is 0 Å². The molecule has 2 rings (SSSR count). The van der Waals surface area contributed by atoms with Gasteiger partial charge in [0.05, 0.1) is 11.7 Å². The fraction of sp³-hybridized carbons (Fsp3) is 0.263. The molecule has 3 nitrogen and oxygen atoms in total. The molecule has 0 radical (unpaired) electrons. The van der Waals surface area contributed by atoms with Gasteiger partial charge in [-0.15, -0.1) is 0 Å². The zero-order chi connectivity index (χ0) is 16.8. The number of nitrogens with zero attached hydrogens (tertiary/aromatic N) is 1. The number of rotatable bonds is 5. The Kier molecular flexibility index (Phi) is 5.63. The molecule has 0 aromatic heterocycles. The van der Waals surface area contributed by atoms with Crippen LogP contribution in [0.5, 0.6) is 0 Å². The Balaban J connectivity index is 2.17. The smallest absolute Gasteiger partial charge is 0.251 e. The molecular formula is C19H21FN2O. The SMILES string of the molecule is C/C(=N\c1ccc(F)cc1)C(NC(=O)c1ccccc1)C(C)C. The summed E-state index contributed by atoms with van der Waals surface area (Å²) >= 11 is 0. The molecule has 1 amide bonds. The number of carbonyl (C=O) groups is 1. The highest BCUT2D eigenvalue weighted by molar-refractivity contribution is 5.99. The standard InChI is InChI=1S/C19H21FN2O/c1-13(2)18(22-19(23)15-7-5-4-6-8-15)14(3)21-17-11-9-16(20)10-12-17/h4-13,18H,1-3H3,(H,22,23)/b21-14+. The second-order valence-corrected chi connectivity index (χ2v) is 5.79. The molecule has 120 valence electrons. The molecule has 2 aromatic carbocycles. The van der Waals surface area contributed by atoms with Gasteiger partial charge in [0.25, 0.3) is 5.91 Å². The van der Waals surface area contributed by atoms with Crippen LogP contribution in [0.4, 0.5) is 10.1 Å². The summed E-state index contributed by atoms with van der Waals surface area (Å²) in [6, 6.07) is 14.9. The molecule has 0 aliphatic carbocycles. The van der Waals surface area contributed by atoms with E-state index in [-0.39, 0.29) is 23.7 Å². The van der Waals surface area contributed by atoms with E-state index in [0.29, 0.717) is 11.3 Å². The number of hydrogen-bond acceptors (Lipinski definition) is 2. The van der Waals surface area contributed by atoms with E-state index in [1.807, 2.05) is 39.0 Å². The largest absolute Gasteiger partial charge is 0.344 e. The molecule has 23 heavy (non-hydrogen) atoms. The summed E-state index contributed by atoms with van der Waals surface area (Å²) in [5.74, 6) is -0.232. The first-order valence-electron chi connectivity index (χ1n) is 7.64. The summed E-state index contributed by atoms with van der Waals surface area (Å²) in [4.78, 5) is 16.8. The predicted molar refractivity (Wildman–Crippen MR) is 91.7 cm³/mol. The quantitative estimate of drug-likeness (QED) is 0.818.